The molecule has 0 amide bonds. The molecule has 42 heavy (non-hydrogen) atoms. The molecule has 0 bridgehead atoms. The van der Waals surface area contributed by atoms with Gasteiger partial charge in [0.25, 0.3) is 0 Å². The first-order valence-electron chi connectivity index (χ1n) is 18.7. The molecule has 0 aliphatic heterocycles. The van der Waals surface area contributed by atoms with Crippen LogP contribution in [0.4, 0.5) is 0 Å². The van der Waals surface area contributed by atoms with E-state index in [1.807, 2.05) is 12.2 Å². The Hall–Kier alpha value is -1.32. The average molecular weight is 591 g/mol. The lowest BCUT2D eigenvalue weighted by Crippen LogP contribution is -2.33. The van der Waals surface area contributed by atoms with Crippen LogP contribution in [0, 0.1) is 11.8 Å². The Balaban J connectivity index is 2.01. The zero-order chi connectivity index (χ0) is 30.4. The van der Waals surface area contributed by atoms with Crippen molar-refractivity contribution < 1.29 is 19.1 Å². The summed E-state index contributed by atoms with van der Waals surface area (Å²) >= 11 is 0. The van der Waals surface area contributed by atoms with Gasteiger partial charge in [0.05, 0.1) is 25.0 Å². The maximum absolute atomic E-state index is 12.8. The van der Waals surface area contributed by atoms with Gasteiger partial charge in [-0.1, -0.05) is 180 Å². The molecule has 246 valence electrons. The van der Waals surface area contributed by atoms with Crippen molar-refractivity contribution in [3.8, 4) is 0 Å². The average Bonchev–Trinajstić information content (AvgIpc) is 3.01. The van der Waals surface area contributed by atoms with Gasteiger partial charge in [-0.2, -0.15) is 0 Å². The molecule has 0 aromatic carbocycles. The topological polar surface area (TPSA) is 52.6 Å². The molecular weight excluding hydrogens is 520 g/mol. The van der Waals surface area contributed by atoms with Crippen molar-refractivity contribution in [1.82, 2.24) is 0 Å². The normalized spacial score (nSPS) is 16.5. The molecule has 0 aromatic rings. The number of carbonyl (C=O) groups is 2. The fourth-order valence-corrected chi connectivity index (χ4v) is 6.13. The molecule has 0 saturated heterocycles. The zero-order valence-corrected chi connectivity index (χ0v) is 28.2. The van der Waals surface area contributed by atoms with Crippen LogP contribution in [0.3, 0.4) is 0 Å². The van der Waals surface area contributed by atoms with Gasteiger partial charge in [-0.3, -0.25) is 9.59 Å². The van der Waals surface area contributed by atoms with E-state index in [0.29, 0.717) is 19.6 Å². The van der Waals surface area contributed by atoms with Gasteiger partial charge in [0.1, 0.15) is 0 Å². The molecule has 0 aromatic heterocycles. The molecule has 0 saturated carbocycles. The monoisotopic (exact) mass is 591 g/mol. The smallest absolute Gasteiger partial charge is 0.313 e. The fraction of sp³-hybridized carbons (Fsp3) is 0.895. The van der Waals surface area contributed by atoms with Crippen molar-refractivity contribution in [2.45, 2.75) is 194 Å². The van der Waals surface area contributed by atoms with E-state index >= 15 is 0 Å². The lowest BCUT2D eigenvalue weighted by atomic mass is 9.84. The molecule has 1 aliphatic carbocycles. The summed E-state index contributed by atoms with van der Waals surface area (Å²) in [6.07, 6.45) is 39.2. The van der Waals surface area contributed by atoms with Crippen molar-refractivity contribution in [1.29, 1.82) is 0 Å². The van der Waals surface area contributed by atoms with Gasteiger partial charge < -0.3 is 9.47 Å². The van der Waals surface area contributed by atoms with E-state index in [2.05, 4.69) is 13.8 Å². The van der Waals surface area contributed by atoms with Gasteiger partial charge in [0.2, 0.25) is 0 Å². The van der Waals surface area contributed by atoms with Crippen LogP contribution in [-0.4, -0.2) is 25.2 Å². The van der Waals surface area contributed by atoms with E-state index in [0.717, 1.165) is 32.1 Å². The van der Waals surface area contributed by atoms with Gasteiger partial charge in [-0.15, -0.1) is 0 Å². The predicted octanol–water partition coefficient (Wildman–Crippen LogP) is 11.8. The third-order valence-corrected chi connectivity index (χ3v) is 8.98. The van der Waals surface area contributed by atoms with Gasteiger partial charge in [-0.05, 0) is 25.7 Å². The largest absolute Gasteiger partial charge is 0.465 e. The molecule has 4 nitrogen and oxygen atoms in total. The Kier molecular flexibility index (Phi) is 27.4. The molecule has 1 aliphatic rings. The third-order valence-electron chi connectivity index (χ3n) is 8.98. The summed E-state index contributed by atoms with van der Waals surface area (Å²) in [5.74, 6) is -1.36. The highest BCUT2D eigenvalue weighted by atomic mass is 16.5. The first-order valence-corrected chi connectivity index (χ1v) is 18.7. The minimum atomic E-state index is -0.486. The van der Waals surface area contributed by atoms with E-state index in [1.54, 1.807) is 0 Å². The number of carbonyl (C=O) groups excluding carboxylic acids is 2. The molecule has 0 heterocycles. The second kappa shape index (κ2) is 29.7. The highest BCUT2D eigenvalue weighted by molar-refractivity contribution is 5.83. The lowest BCUT2D eigenvalue weighted by molar-refractivity contribution is -0.159. The van der Waals surface area contributed by atoms with Crippen molar-refractivity contribution in [2.24, 2.45) is 11.8 Å². The number of unbranched alkanes of at least 4 members (excludes halogenated alkanes) is 24. The number of esters is 2. The molecule has 1 rings (SSSR count). The Labute approximate surface area is 261 Å². The van der Waals surface area contributed by atoms with E-state index in [1.165, 1.54) is 141 Å². The highest BCUT2D eigenvalue weighted by Crippen LogP contribution is 2.27. The van der Waals surface area contributed by atoms with Crippen molar-refractivity contribution in [3.05, 3.63) is 12.2 Å². The molecule has 2 unspecified atom stereocenters. The Morgan fingerprint density at radius 2 is 0.833 bits per heavy atom. The Morgan fingerprint density at radius 3 is 1.21 bits per heavy atom. The van der Waals surface area contributed by atoms with Gasteiger partial charge in [0, 0.05) is 0 Å². The first kappa shape index (κ1) is 38.7. The van der Waals surface area contributed by atoms with E-state index < -0.39 is 11.8 Å². The SMILES string of the molecule is CCCCCCCCCCCCCCCOC(=O)C1C=CCCC1C(=O)OCCCCCCCCCCCCCCC. The van der Waals surface area contributed by atoms with E-state index in [-0.39, 0.29) is 11.9 Å². The number of hydrogen-bond donors (Lipinski definition) is 0. The summed E-state index contributed by atoms with van der Waals surface area (Å²) < 4.78 is 11.2. The highest BCUT2D eigenvalue weighted by Gasteiger charge is 2.35. The number of hydrogen-bond acceptors (Lipinski definition) is 4. The maximum Gasteiger partial charge on any atom is 0.313 e. The summed E-state index contributed by atoms with van der Waals surface area (Å²) in [5.41, 5.74) is 0. The summed E-state index contributed by atoms with van der Waals surface area (Å²) in [5, 5.41) is 0. The van der Waals surface area contributed by atoms with Gasteiger partial charge >= 0.3 is 11.9 Å². The quantitative estimate of drug-likeness (QED) is 0.0474. The second-order valence-electron chi connectivity index (χ2n) is 13.0. The summed E-state index contributed by atoms with van der Waals surface area (Å²) in [6, 6.07) is 0. The molecule has 0 N–H and O–H groups in total. The minimum Gasteiger partial charge on any atom is -0.465 e. The van der Waals surface area contributed by atoms with E-state index in [9.17, 15) is 9.59 Å². The zero-order valence-electron chi connectivity index (χ0n) is 28.2. The molecule has 0 fully saturated rings. The third kappa shape index (κ3) is 22.3. The fourth-order valence-electron chi connectivity index (χ4n) is 6.13. The second-order valence-corrected chi connectivity index (χ2v) is 13.0. The Morgan fingerprint density at radius 1 is 0.500 bits per heavy atom. The predicted molar refractivity (Wildman–Crippen MR) is 179 cm³/mol. The van der Waals surface area contributed by atoms with Crippen LogP contribution in [0.5, 0.6) is 0 Å². The van der Waals surface area contributed by atoms with Crippen LogP contribution in [0.1, 0.15) is 194 Å². The van der Waals surface area contributed by atoms with Gasteiger partial charge in [0.15, 0.2) is 0 Å². The molecule has 0 spiro atoms. The van der Waals surface area contributed by atoms with Crippen molar-refractivity contribution >= 4 is 11.9 Å². The number of allylic oxidation sites excluding steroid dienone is 1. The summed E-state index contributed by atoms with van der Waals surface area (Å²) in [4.78, 5) is 25.5. The first-order chi connectivity index (χ1) is 20.7. The van der Waals surface area contributed by atoms with Crippen LogP contribution in [0.15, 0.2) is 12.2 Å². The summed E-state index contributed by atoms with van der Waals surface area (Å²) in [7, 11) is 0. The molecular formula is C38H70O4. The van der Waals surface area contributed by atoms with Crippen LogP contribution in [0.25, 0.3) is 0 Å². The summed E-state index contributed by atoms with van der Waals surface area (Å²) in [6.45, 7) is 5.47. The minimum absolute atomic E-state index is 0.221. The number of ether oxygens (including phenoxy) is 2. The van der Waals surface area contributed by atoms with Crippen molar-refractivity contribution in [3.63, 3.8) is 0 Å². The lowest BCUT2D eigenvalue weighted by Gasteiger charge is -2.24. The van der Waals surface area contributed by atoms with Crippen LogP contribution >= 0.6 is 0 Å². The van der Waals surface area contributed by atoms with Gasteiger partial charge in [-0.25, -0.2) is 0 Å². The maximum atomic E-state index is 12.8. The van der Waals surface area contributed by atoms with Crippen LogP contribution < -0.4 is 0 Å². The molecule has 4 heteroatoms. The molecule has 2 atom stereocenters. The number of rotatable bonds is 30. The van der Waals surface area contributed by atoms with Crippen LogP contribution in [0.2, 0.25) is 0 Å². The Bertz CT molecular complexity index is 643. The standard InChI is InChI=1S/C38H70O4/c1-3-5-7-9-11-13-15-17-19-21-23-25-29-33-41-37(39)35-31-27-28-32-36(35)38(40)42-34-30-26-24-22-20-18-16-14-12-10-8-6-4-2/h27,31,35-36H,3-26,28-30,32-34H2,1-2H3. The van der Waals surface area contributed by atoms with Crippen molar-refractivity contribution in [2.75, 3.05) is 13.2 Å². The van der Waals surface area contributed by atoms with Crippen LogP contribution in [-0.2, 0) is 19.1 Å². The van der Waals surface area contributed by atoms with E-state index in [4.69, 9.17) is 9.47 Å². The molecule has 0 radical (unpaired) electrons.